The molecular formula is C7H16N2O. The highest BCUT2D eigenvalue weighted by molar-refractivity contribution is 5.86. The van der Waals surface area contributed by atoms with E-state index in [1.807, 2.05) is 6.92 Å². The van der Waals surface area contributed by atoms with E-state index in [2.05, 4.69) is 0 Å². The van der Waals surface area contributed by atoms with Gasteiger partial charge in [-0.25, -0.2) is 0 Å². The highest BCUT2D eigenvalue weighted by Crippen LogP contribution is 2.10. The Morgan fingerprint density at radius 3 is 2.10 bits per heavy atom. The van der Waals surface area contributed by atoms with E-state index in [1.54, 1.807) is 25.9 Å². The molecule has 0 bridgehead atoms. The fourth-order valence-electron chi connectivity index (χ4n) is 0.649. The number of hydrogen-bond donors (Lipinski definition) is 2. The first-order valence-electron chi connectivity index (χ1n) is 3.40. The topological polar surface area (TPSA) is 47.3 Å². The van der Waals surface area contributed by atoms with Gasteiger partial charge in [-0.3, -0.25) is 5.41 Å². The van der Waals surface area contributed by atoms with Crippen LogP contribution in [-0.2, 0) is 0 Å². The van der Waals surface area contributed by atoms with Crippen LogP contribution in [0.2, 0.25) is 0 Å². The average molecular weight is 144 g/mol. The molecule has 0 aromatic heterocycles. The van der Waals surface area contributed by atoms with Crippen LogP contribution in [0.1, 0.15) is 20.3 Å². The molecule has 0 aliphatic carbocycles. The van der Waals surface area contributed by atoms with Crippen molar-refractivity contribution in [3.63, 3.8) is 0 Å². The molecule has 0 rings (SSSR count). The predicted molar refractivity (Wildman–Crippen MR) is 42.3 cm³/mol. The Bertz CT molecular complexity index is 130. The third-order valence-corrected chi connectivity index (χ3v) is 1.65. The first-order valence-corrected chi connectivity index (χ1v) is 3.40. The summed E-state index contributed by atoms with van der Waals surface area (Å²) in [6.07, 6.45) is 0.573. The first-order chi connectivity index (χ1) is 4.41. The lowest BCUT2D eigenvalue weighted by Gasteiger charge is -2.27. The number of rotatable bonds is 2. The minimum Gasteiger partial charge on any atom is -0.382 e. The zero-order valence-corrected chi connectivity index (χ0v) is 7.10. The quantitative estimate of drug-likeness (QED) is 0.442. The van der Waals surface area contributed by atoms with E-state index in [0.29, 0.717) is 6.42 Å². The number of nitrogens with one attached hydrogen (secondary N) is 1. The molecule has 3 nitrogen and oxygen atoms in total. The van der Waals surface area contributed by atoms with Gasteiger partial charge >= 0.3 is 0 Å². The molecule has 1 atom stereocenters. The minimum atomic E-state index is -0.969. The molecule has 60 valence electrons. The molecule has 0 aliphatic heterocycles. The number of likely N-dealkylation sites (N-methyl/N-ethyl adjacent to an activating group) is 1. The fourth-order valence-corrected chi connectivity index (χ4v) is 0.649. The largest absolute Gasteiger partial charge is 0.382 e. The van der Waals surface area contributed by atoms with E-state index < -0.39 is 5.60 Å². The summed E-state index contributed by atoms with van der Waals surface area (Å²) >= 11 is 0. The van der Waals surface area contributed by atoms with Gasteiger partial charge in [0, 0.05) is 14.1 Å². The van der Waals surface area contributed by atoms with Crippen LogP contribution in [-0.4, -0.2) is 35.5 Å². The number of amidine groups is 1. The molecule has 0 saturated heterocycles. The summed E-state index contributed by atoms with van der Waals surface area (Å²) in [4.78, 5) is 1.61. The molecule has 0 saturated carbocycles. The summed E-state index contributed by atoms with van der Waals surface area (Å²) in [5.41, 5.74) is -0.969. The van der Waals surface area contributed by atoms with Crippen molar-refractivity contribution in [1.82, 2.24) is 4.90 Å². The van der Waals surface area contributed by atoms with Gasteiger partial charge < -0.3 is 10.0 Å². The molecular weight excluding hydrogens is 128 g/mol. The van der Waals surface area contributed by atoms with E-state index in [1.165, 1.54) is 0 Å². The molecule has 0 amide bonds. The first kappa shape index (κ1) is 9.43. The van der Waals surface area contributed by atoms with E-state index in [9.17, 15) is 5.11 Å². The number of aliphatic hydroxyl groups is 1. The third kappa shape index (κ3) is 1.99. The van der Waals surface area contributed by atoms with Crippen LogP contribution in [0.25, 0.3) is 0 Å². The molecule has 0 spiro atoms. The highest BCUT2D eigenvalue weighted by Gasteiger charge is 2.24. The summed E-state index contributed by atoms with van der Waals surface area (Å²) in [6.45, 7) is 3.51. The molecule has 3 heteroatoms. The maximum atomic E-state index is 9.50. The van der Waals surface area contributed by atoms with Crippen molar-refractivity contribution in [2.75, 3.05) is 14.1 Å². The molecule has 0 aromatic carbocycles. The van der Waals surface area contributed by atoms with Crippen molar-refractivity contribution in [2.24, 2.45) is 0 Å². The number of hydrogen-bond acceptors (Lipinski definition) is 2. The van der Waals surface area contributed by atoms with E-state index in [0.717, 1.165) is 0 Å². The smallest absolute Gasteiger partial charge is 0.128 e. The average Bonchev–Trinajstić information content (AvgIpc) is 1.86. The van der Waals surface area contributed by atoms with Gasteiger partial charge in [0.15, 0.2) is 0 Å². The van der Waals surface area contributed by atoms with Crippen molar-refractivity contribution < 1.29 is 5.11 Å². The molecule has 0 aromatic rings. The van der Waals surface area contributed by atoms with Crippen LogP contribution < -0.4 is 0 Å². The Labute approximate surface area is 62.2 Å². The Morgan fingerprint density at radius 1 is 1.60 bits per heavy atom. The summed E-state index contributed by atoms with van der Waals surface area (Å²) in [5.74, 6) is 0.259. The lowest BCUT2D eigenvalue weighted by Crippen LogP contribution is -2.42. The van der Waals surface area contributed by atoms with Gasteiger partial charge in [0.1, 0.15) is 11.4 Å². The van der Waals surface area contributed by atoms with Crippen LogP contribution in [0.15, 0.2) is 0 Å². The van der Waals surface area contributed by atoms with E-state index >= 15 is 0 Å². The van der Waals surface area contributed by atoms with Crippen molar-refractivity contribution in [3.05, 3.63) is 0 Å². The summed E-state index contributed by atoms with van der Waals surface area (Å²) in [7, 11) is 3.51. The SMILES string of the molecule is CCC(C)(O)C(=N)N(C)C. The van der Waals surface area contributed by atoms with Gasteiger partial charge in [-0.2, -0.15) is 0 Å². The highest BCUT2D eigenvalue weighted by atomic mass is 16.3. The predicted octanol–water partition coefficient (Wildman–Crippen LogP) is 0.686. The standard InChI is InChI=1S/C7H16N2O/c1-5-7(2,10)6(8)9(3)4/h8,10H,5H2,1-4H3. The van der Waals surface area contributed by atoms with Crippen LogP contribution >= 0.6 is 0 Å². The third-order valence-electron chi connectivity index (χ3n) is 1.65. The molecule has 1 unspecified atom stereocenters. The Kier molecular flexibility index (Phi) is 2.84. The Hall–Kier alpha value is -0.570. The molecule has 0 aliphatic rings. The van der Waals surface area contributed by atoms with Gasteiger partial charge in [-0.05, 0) is 13.3 Å². The van der Waals surface area contributed by atoms with Crippen LogP contribution in [0, 0.1) is 5.41 Å². The van der Waals surface area contributed by atoms with Gasteiger partial charge in [0.05, 0.1) is 0 Å². The van der Waals surface area contributed by atoms with Crippen molar-refractivity contribution in [3.8, 4) is 0 Å². The normalized spacial score (nSPS) is 16.1. The van der Waals surface area contributed by atoms with Crippen molar-refractivity contribution in [2.45, 2.75) is 25.9 Å². The summed E-state index contributed by atoms with van der Waals surface area (Å²) < 4.78 is 0. The van der Waals surface area contributed by atoms with Gasteiger partial charge in [0.25, 0.3) is 0 Å². The number of nitrogens with zero attached hydrogens (tertiary/aromatic N) is 1. The molecule has 2 N–H and O–H groups in total. The van der Waals surface area contributed by atoms with Crippen molar-refractivity contribution in [1.29, 1.82) is 5.41 Å². The van der Waals surface area contributed by atoms with Gasteiger partial charge in [0.2, 0.25) is 0 Å². The summed E-state index contributed by atoms with van der Waals surface area (Å²) in [5, 5.41) is 16.9. The van der Waals surface area contributed by atoms with Gasteiger partial charge in [-0.15, -0.1) is 0 Å². The van der Waals surface area contributed by atoms with E-state index in [4.69, 9.17) is 5.41 Å². The minimum absolute atomic E-state index is 0.259. The molecule has 0 radical (unpaired) electrons. The second-order valence-electron chi connectivity index (χ2n) is 2.87. The molecule has 10 heavy (non-hydrogen) atoms. The Balaban J connectivity index is 4.19. The molecule has 0 heterocycles. The fraction of sp³-hybridized carbons (Fsp3) is 0.857. The lowest BCUT2D eigenvalue weighted by molar-refractivity contribution is 0.115. The maximum Gasteiger partial charge on any atom is 0.128 e. The summed E-state index contributed by atoms with van der Waals surface area (Å²) in [6, 6.07) is 0. The second kappa shape index (κ2) is 3.01. The zero-order chi connectivity index (χ0) is 8.36. The zero-order valence-electron chi connectivity index (χ0n) is 7.10. The van der Waals surface area contributed by atoms with Crippen molar-refractivity contribution >= 4 is 5.84 Å². The van der Waals surface area contributed by atoms with Crippen LogP contribution in [0.4, 0.5) is 0 Å². The monoisotopic (exact) mass is 144 g/mol. The van der Waals surface area contributed by atoms with E-state index in [-0.39, 0.29) is 5.84 Å². The van der Waals surface area contributed by atoms with Crippen LogP contribution in [0.3, 0.4) is 0 Å². The second-order valence-corrected chi connectivity index (χ2v) is 2.87. The maximum absolute atomic E-state index is 9.50. The van der Waals surface area contributed by atoms with Crippen LogP contribution in [0.5, 0.6) is 0 Å². The molecule has 0 fully saturated rings. The lowest BCUT2D eigenvalue weighted by atomic mass is 10.0. The van der Waals surface area contributed by atoms with Gasteiger partial charge in [-0.1, -0.05) is 6.92 Å². The Morgan fingerprint density at radius 2 is 2.00 bits per heavy atom.